The van der Waals surface area contributed by atoms with E-state index in [1.54, 1.807) is 0 Å². The third-order valence-corrected chi connectivity index (χ3v) is 5.87. The number of carbonyl (C=O) groups excluding carboxylic acids is 1. The average Bonchev–Trinajstić information content (AvgIpc) is 2.61. The predicted octanol–water partition coefficient (Wildman–Crippen LogP) is 2.03. The molecule has 3 nitrogen and oxygen atoms in total. The fraction of sp³-hybridized carbons (Fsp3) is 0.923. The fourth-order valence-electron chi connectivity index (χ4n) is 3.14. The van der Waals surface area contributed by atoms with E-state index < -0.39 is 5.54 Å². The van der Waals surface area contributed by atoms with Gasteiger partial charge in [-0.2, -0.15) is 11.8 Å². The van der Waals surface area contributed by atoms with Crippen molar-refractivity contribution in [1.82, 2.24) is 0 Å². The van der Waals surface area contributed by atoms with Crippen molar-refractivity contribution in [2.45, 2.75) is 67.9 Å². The zero-order valence-corrected chi connectivity index (χ0v) is 11.5. The number of nitrogens with two attached hydrogens (primary N) is 2. The summed E-state index contributed by atoms with van der Waals surface area (Å²) in [6.45, 7) is 2.35. The molecular formula is C13H24N2OS. The van der Waals surface area contributed by atoms with Crippen LogP contribution in [0.2, 0.25) is 0 Å². The molecular weight excluding hydrogens is 232 g/mol. The topological polar surface area (TPSA) is 69.1 Å². The van der Waals surface area contributed by atoms with E-state index >= 15 is 0 Å². The van der Waals surface area contributed by atoms with Crippen molar-refractivity contribution in [3.05, 3.63) is 0 Å². The van der Waals surface area contributed by atoms with Gasteiger partial charge in [-0.05, 0) is 38.0 Å². The highest BCUT2D eigenvalue weighted by molar-refractivity contribution is 8.00. The lowest BCUT2D eigenvalue weighted by molar-refractivity contribution is -0.122. The van der Waals surface area contributed by atoms with E-state index in [9.17, 15) is 4.79 Å². The Hall–Kier alpha value is -0.220. The standard InChI is InChI=1S/C13H24N2OS/c1-9-3-2-4-10(7-9)17-11-5-6-13(15,8-11)12(14)16/h9-11H,2-8,15H2,1H3,(H2,14,16). The second-order valence-corrected chi connectivity index (χ2v) is 7.52. The Labute approximate surface area is 108 Å². The largest absolute Gasteiger partial charge is 0.368 e. The van der Waals surface area contributed by atoms with Crippen LogP contribution in [0.3, 0.4) is 0 Å². The molecule has 98 valence electrons. The predicted molar refractivity (Wildman–Crippen MR) is 72.8 cm³/mol. The van der Waals surface area contributed by atoms with E-state index in [2.05, 4.69) is 18.7 Å². The number of primary amides is 1. The summed E-state index contributed by atoms with van der Waals surface area (Å²) in [6, 6.07) is 0. The maximum Gasteiger partial charge on any atom is 0.237 e. The lowest BCUT2D eigenvalue weighted by atomic mass is 9.91. The van der Waals surface area contributed by atoms with E-state index in [0.29, 0.717) is 5.25 Å². The van der Waals surface area contributed by atoms with Gasteiger partial charge in [-0.15, -0.1) is 0 Å². The lowest BCUT2D eigenvalue weighted by Gasteiger charge is -2.28. The van der Waals surface area contributed by atoms with Gasteiger partial charge in [0.05, 0.1) is 5.54 Å². The van der Waals surface area contributed by atoms with Crippen LogP contribution in [-0.2, 0) is 4.79 Å². The summed E-state index contributed by atoms with van der Waals surface area (Å²) in [5, 5.41) is 1.32. The summed E-state index contributed by atoms with van der Waals surface area (Å²) >= 11 is 2.06. The van der Waals surface area contributed by atoms with Crippen LogP contribution in [0.5, 0.6) is 0 Å². The molecule has 2 saturated carbocycles. The van der Waals surface area contributed by atoms with Gasteiger partial charge in [0.25, 0.3) is 0 Å². The maximum absolute atomic E-state index is 11.3. The first-order valence-electron chi connectivity index (χ1n) is 6.74. The highest BCUT2D eigenvalue weighted by atomic mass is 32.2. The zero-order chi connectivity index (χ0) is 12.5. The molecule has 0 aromatic rings. The van der Waals surface area contributed by atoms with Crippen molar-refractivity contribution in [3.63, 3.8) is 0 Å². The summed E-state index contributed by atoms with van der Waals surface area (Å²) in [6.07, 6.45) is 7.99. The first-order valence-corrected chi connectivity index (χ1v) is 7.68. The van der Waals surface area contributed by atoms with Crippen LogP contribution in [0.15, 0.2) is 0 Å². The molecule has 17 heavy (non-hydrogen) atoms. The van der Waals surface area contributed by atoms with Gasteiger partial charge in [0.15, 0.2) is 0 Å². The van der Waals surface area contributed by atoms with E-state index in [1.165, 1.54) is 25.7 Å². The van der Waals surface area contributed by atoms with Crippen LogP contribution >= 0.6 is 11.8 Å². The smallest absolute Gasteiger partial charge is 0.237 e. The molecule has 0 spiro atoms. The van der Waals surface area contributed by atoms with Gasteiger partial charge < -0.3 is 11.5 Å². The molecule has 4 unspecified atom stereocenters. The first-order chi connectivity index (χ1) is 7.99. The second kappa shape index (κ2) is 5.19. The highest BCUT2D eigenvalue weighted by Crippen LogP contribution is 2.41. The Morgan fingerprint density at radius 1 is 1.29 bits per heavy atom. The molecule has 4 N–H and O–H groups in total. The third-order valence-electron chi connectivity index (χ3n) is 4.27. The van der Waals surface area contributed by atoms with E-state index in [4.69, 9.17) is 11.5 Å². The third kappa shape index (κ3) is 3.16. The molecule has 4 heteroatoms. The van der Waals surface area contributed by atoms with Crippen LogP contribution in [-0.4, -0.2) is 21.9 Å². The molecule has 4 atom stereocenters. The number of hydrogen-bond donors (Lipinski definition) is 2. The van der Waals surface area contributed by atoms with Gasteiger partial charge >= 0.3 is 0 Å². The number of amides is 1. The van der Waals surface area contributed by atoms with Crippen LogP contribution in [0.4, 0.5) is 0 Å². The molecule has 2 rings (SSSR count). The van der Waals surface area contributed by atoms with Crippen LogP contribution in [0.1, 0.15) is 51.9 Å². The molecule has 0 aliphatic heterocycles. The summed E-state index contributed by atoms with van der Waals surface area (Å²) in [7, 11) is 0. The molecule has 2 aliphatic carbocycles. The number of carbonyl (C=O) groups is 1. The Bertz CT molecular complexity index is 297. The van der Waals surface area contributed by atoms with Crippen LogP contribution in [0, 0.1) is 5.92 Å². The summed E-state index contributed by atoms with van der Waals surface area (Å²) < 4.78 is 0. The molecule has 2 aliphatic rings. The zero-order valence-electron chi connectivity index (χ0n) is 10.7. The van der Waals surface area contributed by atoms with Gasteiger partial charge in [-0.1, -0.05) is 19.8 Å². The Morgan fingerprint density at radius 2 is 2.06 bits per heavy atom. The second-order valence-electron chi connectivity index (χ2n) is 5.92. The summed E-state index contributed by atoms with van der Waals surface area (Å²) in [4.78, 5) is 11.3. The molecule has 1 amide bonds. The molecule has 0 aromatic carbocycles. The van der Waals surface area contributed by atoms with Crippen molar-refractivity contribution in [3.8, 4) is 0 Å². The average molecular weight is 256 g/mol. The monoisotopic (exact) mass is 256 g/mol. The van der Waals surface area contributed by atoms with Crippen molar-refractivity contribution in [2.24, 2.45) is 17.4 Å². The normalized spacial score (nSPS) is 42.6. The van der Waals surface area contributed by atoms with E-state index in [0.717, 1.165) is 30.4 Å². The first kappa shape index (κ1) is 13.2. The minimum absolute atomic E-state index is 0.322. The van der Waals surface area contributed by atoms with Crippen LogP contribution < -0.4 is 11.5 Å². The number of thioether (sulfide) groups is 1. The molecule has 2 fully saturated rings. The van der Waals surface area contributed by atoms with Gasteiger partial charge in [0.2, 0.25) is 5.91 Å². The molecule has 0 heterocycles. The highest BCUT2D eigenvalue weighted by Gasteiger charge is 2.41. The van der Waals surface area contributed by atoms with Gasteiger partial charge in [0, 0.05) is 10.5 Å². The van der Waals surface area contributed by atoms with Crippen molar-refractivity contribution in [1.29, 1.82) is 0 Å². The Kier molecular flexibility index (Phi) is 4.03. The SMILES string of the molecule is CC1CCCC(SC2CCC(N)(C(N)=O)C2)C1. The minimum atomic E-state index is -0.724. The fourth-order valence-corrected chi connectivity index (χ4v) is 5.08. The molecule has 0 bridgehead atoms. The summed E-state index contributed by atoms with van der Waals surface area (Å²) in [5.74, 6) is 0.541. The van der Waals surface area contributed by atoms with Gasteiger partial charge in [0.1, 0.15) is 0 Å². The summed E-state index contributed by atoms with van der Waals surface area (Å²) in [5.41, 5.74) is 10.7. The quantitative estimate of drug-likeness (QED) is 0.812. The van der Waals surface area contributed by atoms with Gasteiger partial charge in [-0.3, -0.25) is 4.79 Å². The Balaban J connectivity index is 1.83. The van der Waals surface area contributed by atoms with Crippen molar-refractivity contribution < 1.29 is 4.79 Å². The maximum atomic E-state index is 11.3. The van der Waals surface area contributed by atoms with Gasteiger partial charge in [-0.25, -0.2) is 0 Å². The Morgan fingerprint density at radius 3 is 2.65 bits per heavy atom. The lowest BCUT2D eigenvalue weighted by Crippen LogP contribution is -2.50. The van der Waals surface area contributed by atoms with Crippen LogP contribution in [0.25, 0.3) is 0 Å². The van der Waals surface area contributed by atoms with E-state index in [1.807, 2.05) is 0 Å². The van der Waals surface area contributed by atoms with E-state index in [-0.39, 0.29) is 5.91 Å². The molecule has 0 aromatic heterocycles. The minimum Gasteiger partial charge on any atom is -0.368 e. The van der Waals surface area contributed by atoms with Crippen molar-refractivity contribution >= 4 is 17.7 Å². The number of hydrogen-bond acceptors (Lipinski definition) is 3. The van der Waals surface area contributed by atoms with Crippen molar-refractivity contribution in [2.75, 3.05) is 0 Å². The molecule has 0 radical (unpaired) electrons. The molecule has 0 saturated heterocycles. The number of rotatable bonds is 3.